The molecule has 0 amide bonds. The van der Waals surface area contributed by atoms with E-state index in [1.54, 1.807) is 11.3 Å². The first-order valence-electron chi connectivity index (χ1n) is 3.95. The van der Waals surface area contributed by atoms with E-state index in [2.05, 4.69) is 16.9 Å². The minimum absolute atomic E-state index is 0.886. The van der Waals surface area contributed by atoms with Crippen LogP contribution in [-0.2, 0) is 6.54 Å². The number of nitrogens with one attached hydrogen (secondary N) is 1. The van der Waals surface area contributed by atoms with Gasteiger partial charge in [0.2, 0.25) is 0 Å². The van der Waals surface area contributed by atoms with Crippen LogP contribution in [-0.4, -0.2) is 11.5 Å². The van der Waals surface area contributed by atoms with Gasteiger partial charge in [-0.05, 0) is 13.8 Å². The number of hydrogen-bond donors (Lipinski definition) is 1. The molecule has 2 nitrogen and oxygen atoms in total. The van der Waals surface area contributed by atoms with Crippen LogP contribution in [0.2, 0.25) is 0 Å². The van der Waals surface area contributed by atoms with Gasteiger partial charge in [-0.1, -0.05) is 12.2 Å². The first-order chi connectivity index (χ1) is 5.68. The minimum Gasteiger partial charge on any atom is -0.308 e. The molecule has 0 aromatic carbocycles. The van der Waals surface area contributed by atoms with E-state index in [9.17, 15) is 0 Å². The molecule has 1 aromatic rings. The fourth-order valence-corrected chi connectivity index (χ4v) is 1.65. The molecule has 0 radical (unpaired) electrons. The van der Waals surface area contributed by atoms with E-state index < -0.39 is 0 Å². The Kier molecular flexibility index (Phi) is 3.44. The lowest BCUT2D eigenvalue weighted by Gasteiger charge is -2.00. The van der Waals surface area contributed by atoms with Crippen LogP contribution in [0.4, 0.5) is 0 Å². The van der Waals surface area contributed by atoms with Gasteiger partial charge in [-0.15, -0.1) is 11.3 Å². The minimum atomic E-state index is 0.886. The summed E-state index contributed by atoms with van der Waals surface area (Å²) in [6, 6.07) is 0. The van der Waals surface area contributed by atoms with Gasteiger partial charge in [0.05, 0.1) is 5.01 Å². The lowest BCUT2D eigenvalue weighted by Crippen LogP contribution is -2.14. The zero-order valence-corrected chi connectivity index (χ0v) is 8.37. The Labute approximate surface area is 77.3 Å². The van der Waals surface area contributed by atoms with E-state index in [-0.39, 0.29) is 0 Å². The molecule has 1 rings (SSSR count). The summed E-state index contributed by atoms with van der Waals surface area (Å²) in [7, 11) is 0. The van der Waals surface area contributed by atoms with Crippen LogP contribution in [0.1, 0.15) is 16.8 Å². The number of rotatable bonds is 4. The molecule has 0 fully saturated rings. The van der Waals surface area contributed by atoms with Crippen molar-refractivity contribution in [2.45, 2.75) is 20.4 Å². The molecule has 0 atom stereocenters. The molecule has 3 heteroatoms. The van der Waals surface area contributed by atoms with Crippen LogP contribution >= 0.6 is 11.3 Å². The SMILES string of the molecule is C=C(C)CNCc1cnc(C)s1. The molecule has 1 heterocycles. The van der Waals surface area contributed by atoms with Gasteiger partial charge in [-0.25, -0.2) is 4.98 Å². The molecule has 0 aliphatic heterocycles. The highest BCUT2D eigenvalue weighted by molar-refractivity contribution is 7.11. The summed E-state index contributed by atoms with van der Waals surface area (Å²) in [6.45, 7) is 9.64. The Bertz CT molecular complexity index is 265. The third-order valence-corrected chi connectivity index (χ3v) is 2.31. The highest BCUT2D eigenvalue weighted by atomic mass is 32.1. The van der Waals surface area contributed by atoms with Crippen LogP contribution in [0.3, 0.4) is 0 Å². The summed E-state index contributed by atoms with van der Waals surface area (Å²) in [5, 5.41) is 4.41. The Hall–Kier alpha value is -0.670. The van der Waals surface area contributed by atoms with Crippen molar-refractivity contribution < 1.29 is 0 Å². The Morgan fingerprint density at radius 2 is 2.50 bits per heavy atom. The predicted molar refractivity (Wildman–Crippen MR) is 53.4 cm³/mol. The summed E-state index contributed by atoms with van der Waals surface area (Å²) in [6.07, 6.45) is 1.92. The topological polar surface area (TPSA) is 24.9 Å². The summed E-state index contributed by atoms with van der Waals surface area (Å²) in [5.41, 5.74) is 1.16. The molecule has 0 spiro atoms. The van der Waals surface area contributed by atoms with Gasteiger partial charge in [0.1, 0.15) is 0 Å². The predicted octanol–water partition coefficient (Wildman–Crippen LogP) is 2.12. The van der Waals surface area contributed by atoms with Crippen molar-refractivity contribution in [1.29, 1.82) is 0 Å². The molecule has 1 aromatic heterocycles. The van der Waals surface area contributed by atoms with Crippen molar-refractivity contribution in [2.75, 3.05) is 6.54 Å². The molecule has 0 aliphatic carbocycles. The maximum absolute atomic E-state index is 4.17. The first-order valence-corrected chi connectivity index (χ1v) is 4.76. The normalized spacial score (nSPS) is 10.2. The molecule has 12 heavy (non-hydrogen) atoms. The molecule has 66 valence electrons. The van der Waals surface area contributed by atoms with E-state index >= 15 is 0 Å². The van der Waals surface area contributed by atoms with Crippen molar-refractivity contribution >= 4 is 11.3 Å². The number of nitrogens with zero attached hydrogens (tertiary/aromatic N) is 1. The van der Waals surface area contributed by atoms with Crippen LogP contribution in [0.15, 0.2) is 18.3 Å². The van der Waals surface area contributed by atoms with Gasteiger partial charge < -0.3 is 5.32 Å². The second-order valence-electron chi connectivity index (χ2n) is 2.91. The lowest BCUT2D eigenvalue weighted by molar-refractivity contribution is 0.749. The van der Waals surface area contributed by atoms with Crippen molar-refractivity contribution in [1.82, 2.24) is 10.3 Å². The van der Waals surface area contributed by atoms with Crippen molar-refractivity contribution in [3.8, 4) is 0 Å². The highest BCUT2D eigenvalue weighted by Crippen LogP contribution is 2.10. The summed E-state index contributed by atoms with van der Waals surface area (Å²) < 4.78 is 0. The second-order valence-corrected chi connectivity index (χ2v) is 4.23. The standard InChI is InChI=1S/C9H14N2S/c1-7(2)4-10-5-9-6-11-8(3)12-9/h6,10H,1,4-5H2,2-3H3. The van der Waals surface area contributed by atoms with Gasteiger partial charge in [-0.3, -0.25) is 0 Å². The molecular formula is C9H14N2S. The van der Waals surface area contributed by atoms with Gasteiger partial charge in [-0.2, -0.15) is 0 Å². The molecule has 1 N–H and O–H groups in total. The smallest absolute Gasteiger partial charge is 0.0897 e. The highest BCUT2D eigenvalue weighted by Gasteiger charge is 1.96. The average molecular weight is 182 g/mol. The Morgan fingerprint density at radius 3 is 3.00 bits per heavy atom. The van der Waals surface area contributed by atoms with Crippen LogP contribution in [0, 0.1) is 6.92 Å². The lowest BCUT2D eigenvalue weighted by atomic mass is 10.3. The number of thiazole rings is 1. The maximum Gasteiger partial charge on any atom is 0.0897 e. The zero-order valence-electron chi connectivity index (χ0n) is 7.55. The zero-order chi connectivity index (χ0) is 8.97. The van der Waals surface area contributed by atoms with Crippen molar-refractivity contribution in [3.63, 3.8) is 0 Å². The van der Waals surface area contributed by atoms with E-state index in [1.807, 2.05) is 20.0 Å². The number of hydrogen-bond acceptors (Lipinski definition) is 3. The molecular weight excluding hydrogens is 168 g/mol. The van der Waals surface area contributed by atoms with Crippen LogP contribution in [0.5, 0.6) is 0 Å². The molecule has 0 aliphatic rings. The monoisotopic (exact) mass is 182 g/mol. The molecule has 0 unspecified atom stereocenters. The van der Waals surface area contributed by atoms with Gasteiger partial charge in [0.25, 0.3) is 0 Å². The quantitative estimate of drug-likeness (QED) is 0.721. The van der Waals surface area contributed by atoms with E-state index in [1.165, 1.54) is 4.88 Å². The average Bonchev–Trinajstić information content (AvgIpc) is 2.35. The Balaban J connectivity index is 2.29. The van der Waals surface area contributed by atoms with Crippen LogP contribution < -0.4 is 5.32 Å². The molecule has 0 saturated heterocycles. The number of aryl methyl sites for hydroxylation is 1. The number of aromatic nitrogens is 1. The van der Waals surface area contributed by atoms with E-state index in [0.717, 1.165) is 23.7 Å². The summed E-state index contributed by atoms with van der Waals surface area (Å²) >= 11 is 1.74. The third kappa shape index (κ3) is 3.15. The second kappa shape index (κ2) is 4.38. The Morgan fingerprint density at radius 1 is 1.75 bits per heavy atom. The van der Waals surface area contributed by atoms with Gasteiger partial charge in [0, 0.05) is 24.2 Å². The third-order valence-electron chi connectivity index (χ3n) is 1.40. The largest absolute Gasteiger partial charge is 0.308 e. The van der Waals surface area contributed by atoms with E-state index in [4.69, 9.17) is 0 Å². The summed E-state index contributed by atoms with van der Waals surface area (Å²) in [5.74, 6) is 0. The summed E-state index contributed by atoms with van der Waals surface area (Å²) in [4.78, 5) is 5.46. The van der Waals surface area contributed by atoms with E-state index in [0.29, 0.717) is 0 Å². The van der Waals surface area contributed by atoms with Crippen molar-refractivity contribution in [3.05, 3.63) is 28.2 Å². The first kappa shape index (κ1) is 9.42. The van der Waals surface area contributed by atoms with Crippen LogP contribution in [0.25, 0.3) is 0 Å². The van der Waals surface area contributed by atoms with Gasteiger partial charge >= 0.3 is 0 Å². The molecule has 0 bridgehead atoms. The fraction of sp³-hybridized carbons (Fsp3) is 0.444. The van der Waals surface area contributed by atoms with Crippen molar-refractivity contribution in [2.24, 2.45) is 0 Å². The van der Waals surface area contributed by atoms with Gasteiger partial charge in [0.15, 0.2) is 0 Å². The molecule has 0 saturated carbocycles. The maximum atomic E-state index is 4.17. The fourth-order valence-electron chi connectivity index (χ4n) is 0.886.